The normalized spacial score (nSPS) is 13.8. The van der Waals surface area contributed by atoms with Crippen molar-refractivity contribution < 1.29 is 4.79 Å². The molecule has 1 aliphatic rings. The third kappa shape index (κ3) is 3.56. The van der Waals surface area contributed by atoms with Gasteiger partial charge in [-0.3, -0.25) is 4.79 Å². The second-order valence-corrected chi connectivity index (χ2v) is 7.01. The number of hydrogen-bond donors (Lipinski definition) is 1. The zero-order chi connectivity index (χ0) is 17.1. The van der Waals surface area contributed by atoms with Gasteiger partial charge in [0.15, 0.2) is 0 Å². The number of amides is 1. The summed E-state index contributed by atoms with van der Waals surface area (Å²) in [7, 11) is 0. The van der Waals surface area contributed by atoms with E-state index < -0.39 is 0 Å². The van der Waals surface area contributed by atoms with Crippen molar-refractivity contribution in [1.82, 2.24) is 4.98 Å². The Morgan fingerprint density at radius 3 is 2.60 bits per heavy atom. The van der Waals surface area contributed by atoms with E-state index in [4.69, 9.17) is 0 Å². The molecule has 126 valence electrons. The van der Waals surface area contributed by atoms with Gasteiger partial charge in [0, 0.05) is 47.2 Å². The van der Waals surface area contributed by atoms with E-state index in [1.54, 1.807) is 17.5 Å². The largest absolute Gasteiger partial charge is 0.372 e. The van der Waals surface area contributed by atoms with Crippen LogP contribution < -0.4 is 10.2 Å². The molecule has 0 atom stereocenters. The average molecular weight is 349 g/mol. The number of carbonyl (C=O) groups excluding carboxylic acids is 1. The lowest BCUT2D eigenvalue weighted by Gasteiger charge is -2.17. The van der Waals surface area contributed by atoms with E-state index in [9.17, 15) is 4.79 Å². The number of thiazole rings is 1. The van der Waals surface area contributed by atoms with E-state index in [1.165, 1.54) is 18.5 Å². The van der Waals surface area contributed by atoms with Gasteiger partial charge in [0.05, 0.1) is 0 Å². The minimum atomic E-state index is -0.104. The molecule has 0 radical (unpaired) electrons. The van der Waals surface area contributed by atoms with Gasteiger partial charge in [-0.25, -0.2) is 4.98 Å². The van der Waals surface area contributed by atoms with Gasteiger partial charge in [-0.05, 0) is 49.2 Å². The second kappa shape index (κ2) is 7.07. The van der Waals surface area contributed by atoms with Crippen molar-refractivity contribution in [2.45, 2.75) is 12.8 Å². The van der Waals surface area contributed by atoms with Crippen LogP contribution in [-0.2, 0) is 0 Å². The molecule has 1 N–H and O–H groups in total. The van der Waals surface area contributed by atoms with Gasteiger partial charge in [0.1, 0.15) is 5.01 Å². The first-order valence-corrected chi connectivity index (χ1v) is 9.34. The minimum absolute atomic E-state index is 0.104. The zero-order valence-electron chi connectivity index (χ0n) is 13.8. The number of benzene rings is 2. The molecule has 2 heterocycles. The minimum Gasteiger partial charge on any atom is -0.372 e. The first-order chi connectivity index (χ1) is 12.3. The number of nitrogens with zero attached hydrogens (tertiary/aromatic N) is 2. The first kappa shape index (κ1) is 15.8. The van der Waals surface area contributed by atoms with Crippen molar-refractivity contribution in [3.63, 3.8) is 0 Å². The molecule has 4 rings (SSSR count). The van der Waals surface area contributed by atoms with Gasteiger partial charge in [0.25, 0.3) is 5.91 Å². The Balaban J connectivity index is 1.47. The molecule has 5 heteroatoms. The van der Waals surface area contributed by atoms with Crippen molar-refractivity contribution in [2.75, 3.05) is 23.3 Å². The number of aromatic nitrogens is 1. The summed E-state index contributed by atoms with van der Waals surface area (Å²) >= 11 is 1.57. The van der Waals surface area contributed by atoms with Crippen LogP contribution in [0.1, 0.15) is 23.2 Å². The van der Waals surface area contributed by atoms with Crippen molar-refractivity contribution in [1.29, 1.82) is 0 Å². The fraction of sp³-hybridized carbons (Fsp3) is 0.200. The number of carbonyl (C=O) groups is 1. The summed E-state index contributed by atoms with van der Waals surface area (Å²) in [6.45, 7) is 2.24. The van der Waals surface area contributed by atoms with Crippen molar-refractivity contribution in [2.24, 2.45) is 0 Å². The van der Waals surface area contributed by atoms with Crippen LogP contribution in [0.4, 0.5) is 11.4 Å². The van der Waals surface area contributed by atoms with Crippen LogP contribution in [0.15, 0.2) is 60.1 Å². The summed E-state index contributed by atoms with van der Waals surface area (Å²) < 4.78 is 0. The number of anilines is 2. The first-order valence-electron chi connectivity index (χ1n) is 8.46. The molecule has 1 saturated heterocycles. The van der Waals surface area contributed by atoms with Crippen molar-refractivity contribution >= 4 is 28.6 Å². The maximum atomic E-state index is 12.5. The van der Waals surface area contributed by atoms with Gasteiger partial charge in [-0.1, -0.05) is 12.1 Å². The summed E-state index contributed by atoms with van der Waals surface area (Å²) in [5.41, 5.74) is 3.64. The maximum Gasteiger partial charge on any atom is 0.255 e. The van der Waals surface area contributed by atoms with Gasteiger partial charge in [0.2, 0.25) is 0 Å². The van der Waals surface area contributed by atoms with Gasteiger partial charge >= 0.3 is 0 Å². The Hall–Kier alpha value is -2.66. The monoisotopic (exact) mass is 349 g/mol. The Morgan fingerprint density at radius 2 is 1.88 bits per heavy atom. The Bertz CT molecular complexity index is 853. The SMILES string of the molecule is O=C(Nc1ccc(N2CCCC2)cc1)c1cccc(-c2nccs2)c1. The topological polar surface area (TPSA) is 45.2 Å². The molecule has 25 heavy (non-hydrogen) atoms. The Labute approximate surface area is 151 Å². The van der Waals surface area contributed by atoms with Gasteiger partial charge < -0.3 is 10.2 Å². The highest BCUT2D eigenvalue weighted by Crippen LogP contribution is 2.24. The molecule has 2 aromatic carbocycles. The third-order valence-electron chi connectivity index (χ3n) is 4.40. The quantitative estimate of drug-likeness (QED) is 0.745. The molecule has 0 aliphatic carbocycles. The smallest absolute Gasteiger partial charge is 0.255 e. The lowest BCUT2D eigenvalue weighted by atomic mass is 10.1. The fourth-order valence-electron chi connectivity index (χ4n) is 3.09. The molecular formula is C20H19N3OS. The highest BCUT2D eigenvalue weighted by Gasteiger charge is 2.13. The molecule has 1 aliphatic heterocycles. The Morgan fingerprint density at radius 1 is 1.08 bits per heavy atom. The van der Waals surface area contributed by atoms with Crippen LogP contribution in [0.2, 0.25) is 0 Å². The predicted molar refractivity (Wildman–Crippen MR) is 103 cm³/mol. The summed E-state index contributed by atoms with van der Waals surface area (Å²) in [6, 6.07) is 15.7. The Kier molecular flexibility index (Phi) is 4.48. The third-order valence-corrected chi connectivity index (χ3v) is 5.22. The average Bonchev–Trinajstić information content (AvgIpc) is 3.36. The van der Waals surface area contributed by atoms with Crippen molar-refractivity contribution in [3.05, 3.63) is 65.7 Å². The van der Waals surface area contributed by atoms with E-state index in [1.807, 2.05) is 41.8 Å². The van der Waals surface area contributed by atoms with Crippen LogP contribution in [0.25, 0.3) is 10.6 Å². The fourth-order valence-corrected chi connectivity index (χ4v) is 3.73. The molecule has 1 aromatic heterocycles. The van der Waals surface area contributed by atoms with Crippen LogP contribution in [-0.4, -0.2) is 24.0 Å². The van der Waals surface area contributed by atoms with Gasteiger partial charge in [-0.15, -0.1) is 11.3 Å². The second-order valence-electron chi connectivity index (χ2n) is 6.11. The lowest BCUT2D eigenvalue weighted by Crippen LogP contribution is -2.17. The highest BCUT2D eigenvalue weighted by molar-refractivity contribution is 7.13. The standard InChI is InChI=1S/C20H19N3OS/c24-19(15-4-3-5-16(14-15)20-21-10-13-25-20)22-17-6-8-18(9-7-17)23-11-1-2-12-23/h3-10,13-14H,1-2,11-12H2,(H,22,24). The van der Waals surface area contributed by atoms with Crippen LogP contribution in [0, 0.1) is 0 Å². The molecule has 0 saturated carbocycles. The highest BCUT2D eigenvalue weighted by atomic mass is 32.1. The van der Waals surface area contributed by atoms with E-state index in [0.717, 1.165) is 29.3 Å². The van der Waals surface area contributed by atoms with Crippen LogP contribution >= 0.6 is 11.3 Å². The van der Waals surface area contributed by atoms with Crippen molar-refractivity contribution in [3.8, 4) is 10.6 Å². The van der Waals surface area contributed by atoms with E-state index in [0.29, 0.717) is 5.56 Å². The summed E-state index contributed by atoms with van der Waals surface area (Å²) in [5, 5.41) is 5.83. The van der Waals surface area contributed by atoms with E-state index in [-0.39, 0.29) is 5.91 Å². The van der Waals surface area contributed by atoms with Crippen LogP contribution in [0.3, 0.4) is 0 Å². The molecule has 3 aromatic rings. The predicted octanol–water partition coefficient (Wildman–Crippen LogP) is 4.66. The summed E-state index contributed by atoms with van der Waals surface area (Å²) in [6.07, 6.45) is 4.29. The molecule has 0 unspecified atom stereocenters. The number of nitrogens with one attached hydrogen (secondary N) is 1. The lowest BCUT2D eigenvalue weighted by molar-refractivity contribution is 0.102. The summed E-state index contributed by atoms with van der Waals surface area (Å²) in [5.74, 6) is -0.104. The molecule has 1 amide bonds. The number of rotatable bonds is 4. The number of hydrogen-bond acceptors (Lipinski definition) is 4. The maximum absolute atomic E-state index is 12.5. The van der Waals surface area contributed by atoms with Crippen LogP contribution in [0.5, 0.6) is 0 Å². The van der Waals surface area contributed by atoms with E-state index in [2.05, 4.69) is 27.3 Å². The summed E-state index contributed by atoms with van der Waals surface area (Å²) in [4.78, 5) is 19.2. The molecule has 0 bridgehead atoms. The van der Waals surface area contributed by atoms with E-state index >= 15 is 0 Å². The zero-order valence-corrected chi connectivity index (χ0v) is 14.6. The molecule has 0 spiro atoms. The van der Waals surface area contributed by atoms with Gasteiger partial charge in [-0.2, -0.15) is 0 Å². The molecule has 1 fully saturated rings. The molecular weight excluding hydrogens is 330 g/mol. The molecule has 4 nitrogen and oxygen atoms in total.